The summed E-state index contributed by atoms with van der Waals surface area (Å²) in [4.78, 5) is 0. The van der Waals surface area contributed by atoms with Gasteiger partial charge in [-0.15, -0.1) is 0 Å². The topological polar surface area (TPSA) is 9.23 Å². The standard InChI is InChI=1S/C10H20OS2.K/c1-9(2)7-5-3-4-6-8-11-10(12)13;/h9H,3-8H2,1-2H3,(H,12,13);/q;+1/p-1. The summed E-state index contributed by atoms with van der Waals surface area (Å²) in [5, 5.41) is 0. The summed E-state index contributed by atoms with van der Waals surface area (Å²) in [7, 11) is 0. The Labute approximate surface area is 142 Å². The van der Waals surface area contributed by atoms with Crippen LogP contribution in [-0.2, 0) is 17.4 Å². The molecule has 0 aromatic heterocycles. The van der Waals surface area contributed by atoms with Gasteiger partial charge in [0.1, 0.15) is 0 Å². The van der Waals surface area contributed by atoms with E-state index in [0.717, 1.165) is 12.3 Å². The first-order valence-corrected chi connectivity index (χ1v) is 5.78. The molecule has 0 saturated carbocycles. The second-order valence-corrected chi connectivity index (χ2v) is 4.70. The van der Waals surface area contributed by atoms with Gasteiger partial charge in [-0.05, 0) is 12.3 Å². The molecule has 78 valence electrons. The third-order valence-corrected chi connectivity index (χ3v) is 2.13. The van der Waals surface area contributed by atoms with Crippen LogP contribution in [0.25, 0.3) is 0 Å². The minimum absolute atomic E-state index is 0. The van der Waals surface area contributed by atoms with E-state index in [1.807, 2.05) is 0 Å². The van der Waals surface area contributed by atoms with E-state index in [2.05, 4.69) is 38.7 Å². The summed E-state index contributed by atoms with van der Waals surface area (Å²) in [6.07, 6.45) is 6.27. The fourth-order valence-electron chi connectivity index (χ4n) is 1.16. The van der Waals surface area contributed by atoms with Crippen LogP contribution in [0.5, 0.6) is 0 Å². The number of unbranched alkanes of at least 4 members (excludes halogenated alkanes) is 3. The van der Waals surface area contributed by atoms with Gasteiger partial charge in [0.05, 0.1) is 6.61 Å². The van der Waals surface area contributed by atoms with E-state index < -0.39 is 0 Å². The quantitative estimate of drug-likeness (QED) is 0.284. The van der Waals surface area contributed by atoms with Crippen LogP contribution in [0.2, 0.25) is 0 Å². The molecule has 0 heterocycles. The van der Waals surface area contributed by atoms with Gasteiger partial charge < -0.3 is 29.6 Å². The number of thiocarbonyl (C=S) groups is 1. The van der Waals surface area contributed by atoms with Crippen LogP contribution < -0.4 is 51.4 Å². The normalized spacial score (nSPS) is 9.64. The molecule has 0 fully saturated rings. The monoisotopic (exact) mass is 258 g/mol. The van der Waals surface area contributed by atoms with Gasteiger partial charge >= 0.3 is 51.4 Å². The van der Waals surface area contributed by atoms with Gasteiger partial charge in [-0.3, -0.25) is 0 Å². The second-order valence-electron chi connectivity index (χ2n) is 3.70. The zero-order valence-electron chi connectivity index (χ0n) is 9.54. The largest absolute Gasteiger partial charge is 1.00 e. The Morgan fingerprint density at radius 3 is 2.29 bits per heavy atom. The maximum atomic E-state index is 5.02. The van der Waals surface area contributed by atoms with Crippen molar-refractivity contribution in [1.82, 2.24) is 0 Å². The molecule has 0 aliphatic heterocycles. The van der Waals surface area contributed by atoms with E-state index in [1.165, 1.54) is 25.7 Å². The van der Waals surface area contributed by atoms with E-state index in [1.54, 1.807) is 0 Å². The minimum Gasteiger partial charge on any atom is -0.514 e. The first kappa shape index (κ1) is 18.1. The molecule has 0 aliphatic carbocycles. The van der Waals surface area contributed by atoms with E-state index in [9.17, 15) is 0 Å². The predicted molar refractivity (Wildman–Crippen MR) is 63.8 cm³/mol. The van der Waals surface area contributed by atoms with Crippen LogP contribution in [0, 0.1) is 5.92 Å². The maximum absolute atomic E-state index is 5.02. The summed E-state index contributed by atoms with van der Waals surface area (Å²) < 4.78 is 5.27. The SMILES string of the molecule is CC(C)CCCCCCOC(=S)[S-].[K+]. The summed E-state index contributed by atoms with van der Waals surface area (Å²) in [6, 6.07) is 0. The summed E-state index contributed by atoms with van der Waals surface area (Å²) >= 11 is 9.25. The fourth-order valence-corrected chi connectivity index (χ4v) is 1.33. The Bertz CT molecular complexity index is 140. The van der Waals surface area contributed by atoms with Gasteiger partial charge in [0.2, 0.25) is 0 Å². The zero-order chi connectivity index (χ0) is 10.1. The molecule has 0 saturated heterocycles. The molecule has 14 heavy (non-hydrogen) atoms. The van der Waals surface area contributed by atoms with Crippen LogP contribution in [0.15, 0.2) is 0 Å². The molecule has 0 radical (unpaired) electrons. The van der Waals surface area contributed by atoms with Crippen molar-refractivity contribution in [3.63, 3.8) is 0 Å². The van der Waals surface area contributed by atoms with Gasteiger partial charge in [0, 0.05) is 4.38 Å². The average Bonchev–Trinajstić information content (AvgIpc) is 2.01. The molecule has 0 unspecified atom stereocenters. The number of ether oxygens (including phenoxy) is 1. The Morgan fingerprint density at radius 1 is 1.21 bits per heavy atom. The van der Waals surface area contributed by atoms with Gasteiger partial charge in [-0.1, -0.05) is 39.5 Å². The van der Waals surface area contributed by atoms with Crippen LogP contribution in [0.3, 0.4) is 0 Å². The number of hydrogen-bond acceptors (Lipinski definition) is 3. The molecule has 0 aromatic rings. The summed E-state index contributed by atoms with van der Waals surface area (Å²) in [5.41, 5.74) is 0. The van der Waals surface area contributed by atoms with Crippen LogP contribution >= 0.6 is 12.2 Å². The predicted octanol–water partition coefficient (Wildman–Crippen LogP) is 0.445. The molecule has 0 rings (SSSR count). The third-order valence-electron chi connectivity index (χ3n) is 1.90. The molecule has 0 aliphatic rings. The first-order chi connectivity index (χ1) is 6.13. The molecule has 0 bridgehead atoms. The van der Waals surface area contributed by atoms with Gasteiger partial charge in [-0.25, -0.2) is 0 Å². The van der Waals surface area contributed by atoms with Crippen molar-refractivity contribution >= 4 is 29.2 Å². The summed E-state index contributed by atoms with van der Waals surface area (Å²) in [6.45, 7) is 5.22. The van der Waals surface area contributed by atoms with Crippen LogP contribution in [0.1, 0.15) is 46.0 Å². The Morgan fingerprint density at radius 2 is 1.79 bits per heavy atom. The van der Waals surface area contributed by atoms with Gasteiger partial charge in [-0.2, -0.15) is 0 Å². The first-order valence-electron chi connectivity index (χ1n) is 4.96. The molecular weight excluding hydrogens is 239 g/mol. The molecule has 1 nitrogen and oxygen atoms in total. The molecule has 0 atom stereocenters. The van der Waals surface area contributed by atoms with Crippen molar-refractivity contribution in [3.8, 4) is 0 Å². The van der Waals surface area contributed by atoms with Gasteiger partial charge in [0.15, 0.2) is 0 Å². The zero-order valence-corrected chi connectivity index (χ0v) is 14.3. The van der Waals surface area contributed by atoms with Crippen molar-refractivity contribution in [3.05, 3.63) is 0 Å². The maximum Gasteiger partial charge on any atom is 1.00 e. The molecule has 0 aromatic carbocycles. The molecule has 0 N–H and O–H groups in total. The van der Waals surface area contributed by atoms with E-state index in [-0.39, 0.29) is 55.8 Å². The van der Waals surface area contributed by atoms with Crippen molar-refractivity contribution in [2.45, 2.75) is 46.0 Å². The summed E-state index contributed by atoms with van der Waals surface area (Å²) in [5.74, 6) is 0.830. The van der Waals surface area contributed by atoms with Crippen molar-refractivity contribution in [2.75, 3.05) is 6.61 Å². The van der Waals surface area contributed by atoms with Crippen molar-refractivity contribution < 1.29 is 56.1 Å². The number of rotatable bonds is 7. The second kappa shape index (κ2) is 12.8. The smallest absolute Gasteiger partial charge is 0.514 e. The van der Waals surface area contributed by atoms with Crippen molar-refractivity contribution in [1.29, 1.82) is 0 Å². The molecule has 0 spiro atoms. The van der Waals surface area contributed by atoms with Crippen LogP contribution in [0.4, 0.5) is 0 Å². The molecule has 4 heteroatoms. The number of hydrogen-bond donors (Lipinski definition) is 0. The van der Waals surface area contributed by atoms with Crippen LogP contribution in [-0.4, -0.2) is 11.0 Å². The molecular formula is C10H19KOS2. The third kappa shape index (κ3) is 16.2. The van der Waals surface area contributed by atoms with E-state index in [0.29, 0.717) is 6.61 Å². The Balaban J connectivity index is 0. The van der Waals surface area contributed by atoms with Crippen molar-refractivity contribution in [2.24, 2.45) is 5.92 Å². The van der Waals surface area contributed by atoms with E-state index in [4.69, 9.17) is 4.74 Å². The Kier molecular flexibility index (Phi) is 16.6. The van der Waals surface area contributed by atoms with Gasteiger partial charge in [0.25, 0.3) is 0 Å². The molecule has 0 amide bonds. The fraction of sp³-hybridized carbons (Fsp3) is 0.900. The Hall–Kier alpha value is 1.75. The minimum atomic E-state index is 0. The average molecular weight is 258 g/mol. The van der Waals surface area contributed by atoms with E-state index >= 15 is 0 Å².